The first-order chi connectivity index (χ1) is 9.85. The molecule has 9 heteroatoms. The van der Waals surface area contributed by atoms with Crippen molar-refractivity contribution < 1.29 is 14.9 Å². The number of aliphatic hydroxyl groups is 2. The second kappa shape index (κ2) is 4.45. The second-order valence-electron chi connectivity index (χ2n) is 5.39. The van der Waals surface area contributed by atoms with Gasteiger partial charge in [-0.25, -0.2) is 0 Å². The van der Waals surface area contributed by atoms with E-state index in [-0.39, 0.29) is 35.7 Å². The molecular formula is C12H17N5O4. The molecule has 7 N–H and O–H groups in total. The van der Waals surface area contributed by atoms with Gasteiger partial charge in [-0.15, -0.1) is 0 Å². The number of rotatable bonds is 2. The predicted molar refractivity (Wildman–Crippen MR) is 75.4 cm³/mol. The van der Waals surface area contributed by atoms with E-state index in [0.29, 0.717) is 0 Å². The number of aromatic nitrogens is 3. The van der Waals surface area contributed by atoms with Crippen LogP contribution >= 0.6 is 0 Å². The summed E-state index contributed by atoms with van der Waals surface area (Å²) >= 11 is 0. The van der Waals surface area contributed by atoms with Gasteiger partial charge in [0.05, 0.1) is 18.4 Å². The number of nitrogens with zero attached hydrogens (tertiary/aromatic N) is 2. The Morgan fingerprint density at radius 1 is 1.62 bits per heavy atom. The number of hydrogen-bond donors (Lipinski definition) is 5. The van der Waals surface area contributed by atoms with Crippen molar-refractivity contribution in [2.75, 3.05) is 18.1 Å². The van der Waals surface area contributed by atoms with Gasteiger partial charge in [0.15, 0.2) is 5.65 Å². The summed E-state index contributed by atoms with van der Waals surface area (Å²) in [4.78, 5) is 18.4. The molecule has 0 unspecified atom stereocenters. The van der Waals surface area contributed by atoms with Crippen LogP contribution in [-0.2, 0) is 10.5 Å². The molecule has 0 aliphatic carbocycles. The normalized spacial score (nSPS) is 29.3. The van der Waals surface area contributed by atoms with Gasteiger partial charge >= 0.3 is 0 Å². The van der Waals surface area contributed by atoms with E-state index >= 15 is 0 Å². The molecule has 2 aromatic heterocycles. The Balaban J connectivity index is 2.20. The Kier molecular flexibility index (Phi) is 2.94. The zero-order valence-electron chi connectivity index (χ0n) is 11.4. The van der Waals surface area contributed by atoms with Crippen molar-refractivity contribution in [3.63, 3.8) is 0 Å². The van der Waals surface area contributed by atoms with Gasteiger partial charge in [-0.3, -0.25) is 9.78 Å². The molecule has 0 radical (unpaired) electrons. The highest BCUT2D eigenvalue weighted by atomic mass is 16.6. The molecule has 3 rings (SSSR count). The fraction of sp³-hybridized carbons (Fsp3) is 0.500. The minimum absolute atomic E-state index is 0.0345. The van der Waals surface area contributed by atoms with Gasteiger partial charge in [0.1, 0.15) is 17.2 Å². The molecular weight excluding hydrogens is 278 g/mol. The highest BCUT2D eigenvalue weighted by Gasteiger charge is 2.44. The lowest BCUT2D eigenvalue weighted by molar-refractivity contribution is -0.103. The summed E-state index contributed by atoms with van der Waals surface area (Å²) in [6.07, 6.45) is 0.236. The monoisotopic (exact) mass is 295 g/mol. The minimum Gasteiger partial charge on any atom is -0.397 e. The molecule has 3 atom stereocenters. The topological polar surface area (TPSA) is 152 Å². The van der Waals surface area contributed by atoms with E-state index in [9.17, 15) is 15.0 Å². The lowest BCUT2D eigenvalue weighted by Gasteiger charge is -2.26. The van der Waals surface area contributed by atoms with Gasteiger partial charge < -0.3 is 31.0 Å². The lowest BCUT2D eigenvalue weighted by Crippen LogP contribution is -2.31. The van der Waals surface area contributed by atoms with Crippen LogP contribution in [-0.4, -0.2) is 43.6 Å². The number of anilines is 2. The van der Waals surface area contributed by atoms with E-state index in [1.165, 1.54) is 6.20 Å². The molecule has 9 nitrogen and oxygen atoms in total. The molecule has 0 amide bonds. The molecule has 114 valence electrons. The predicted octanol–water partition coefficient (Wildman–Crippen LogP) is -1.30. The summed E-state index contributed by atoms with van der Waals surface area (Å²) in [5, 5.41) is 19.4. The minimum atomic E-state index is -0.976. The molecule has 1 saturated heterocycles. The molecule has 0 aromatic carbocycles. The number of H-pyrrole nitrogens is 1. The number of hydrogen-bond acceptors (Lipinski definition) is 7. The zero-order chi connectivity index (χ0) is 15.4. The van der Waals surface area contributed by atoms with Gasteiger partial charge in [-0.2, -0.15) is 4.98 Å². The van der Waals surface area contributed by atoms with Crippen LogP contribution in [0.25, 0.3) is 11.0 Å². The first-order valence-electron chi connectivity index (χ1n) is 6.49. The largest absolute Gasteiger partial charge is 0.397 e. The second-order valence-corrected chi connectivity index (χ2v) is 5.39. The van der Waals surface area contributed by atoms with Crippen molar-refractivity contribution in [1.29, 1.82) is 0 Å². The Labute approximate surface area is 119 Å². The Morgan fingerprint density at radius 3 is 2.95 bits per heavy atom. The van der Waals surface area contributed by atoms with Gasteiger partial charge in [-0.1, -0.05) is 0 Å². The number of fused-ring (bicyclic) bond motifs is 1. The van der Waals surface area contributed by atoms with E-state index in [1.807, 2.05) is 0 Å². The summed E-state index contributed by atoms with van der Waals surface area (Å²) in [7, 11) is 0. The van der Waals surface area contributed by atoms with E-state index in [4.69, 9.17) is 16.2 Å². The summed E-state index contributed by atoms with van der Waals surface area (Å²) < 4.78 is 7.28. The maximum Gasteiger partial charge on any atom is 0.263 e. The third-order valence-corrected chi connectivity index (χ3v) is 3.82. The lowest BCUT2D eigenvalue weighted by atomic mass is 10.1. The fourth-order valence-electron chi connectivity index (χ4n) is 2.82. The first kappa shape index (κ1) is 13.9. The van der Waals surface area contributed by atoms with Crippen molar-refractivity contribution in [1.82, 2.24) is 14.5 Å². The molecule has 0 saturated carbocycles. The Hall–Kier alpha value is -2.10. The fourth-order valence-corrected chi connectivity index (χ4v) is 2.82. The van der Waals surface area contributed by atoms with Crippen LogP contribution in [0.3, 0.4) is 0 Å². The average Bonchev–Trinajstić information content (AvgIpc) is 2.88. The van der Waals surface area contributed by atoms with Crippen LogP contribution in [0, 0.1) is 0 Å². The van der Waals surface area contributed by atoms with Gasteiger partial charge in [0.25, 0.3) is 5.56 Å². The molecule has 3 heterocycles. The third-order valence-electron chi connectivity index (χ3n) is 3.82. The number of nitrogen functional groups attached to an aromatic ring is 2. The molecule has 0 bridgehead atoms. The maximum atomic E-state index is 11.9. The Morgan fingerprint density at radius 2 is 2.33 bits per heavy atom. The summed E-state index contributed by atoms with van der Waals surface area (Å²) in [6, 6.07) is 0. The van der Waals surface area contributed by atoms with Crippen molar-refractivity contribution >= 4 is 22.7 Å². The molecule has 0 spiro atoms. The molecule has 21 heavy (non-hydrogen) atoms. The van der Waals surface area contributed by atoms with Gasteiger partial charge in [0.2, 0.25) is 5.95 Å². The van der Waals surface area contributed by atoms with E-state index in [1.54, 1.807) is 11.5 Å². The number of nitrogens with two attached hydrogens (primary N) is 2. The highest BCUT2D eigenvalue weighted by molar-refractivity contribution is 5.89. The summed E-state index contributed by atoms with van der Waals surface area (Å²) in [5.74, 6) is -0.0345. The summed E-state index contributed by atoms with van der Waals surface area (Å²) in [5.41, 5.74) is 10.6. The van der Waals surface area contributed by atoms with Crippen LogP contribution in [0.2, 0.25) is 0 Å². The van der Waals surface area contributed by atoms with Crippen LogP contribution < -0.4 is 17.0 Å². The average molecular weight is 295 g/mol. The van der Waals surface area contributed by atoms with E-state index < -0.39 is 23.5 Å². The standard InChI is InChI=1S/C12H17N5O4/c1-12(2-6(19)7(4-18)21-12)17-3-5(13)8-9(17)15-11(14)16-10(8)20/h3,6-7,18-19H,2,4,13H2,1H3,(H3,14,15,16,20)/t6-,7+,12+/m0/s1. The molecule has 2 aromatic rings. The summed E-state index contributed by atoms with van der Waals surface area (Å²) in [6.45, 7) is 1.42. The number of aliphatic hydroxyl groups excluding tert-OH is 2. The number of nitrogens with one attached hydrogen (secondary N) is 1. The number of ether oxygens (including phenoxy) is 1. The molecule has 1 fully saturated rings. The zero-order valence-corrected chi connectivity index (χ0v) is 11.4. The van der Waals surface area contributed by atoms with E-state index in [0.717, 1.165) is 0 Å². The van der Waals surface area contributed by atoms with Crippen molar-refractivity contribution in [2.24, 2.45) is 0 Å². The van der Waals surface area contributed by atoms with Crippen LogP contribution in [0.5, 0.6) is 0 Å². The maximum absolute atomic E-state index is 11.9. The van der Waals surface area contributed by atoms with Crippen LogP contribution in [0.4, 0.5) is 11.6 Å². The SMILES string of the molecule is C[C@]1(n2cc(N)c3c(=O)[nH]c(N)nc32)C[C@H](O)[C@@H](CO)O1. The third kappa shape index (κ3) is 1.97. The number of aromatic amines is 1. The van der Waals surface area contributed by atoms with E-state index in [2.05, 4.69) is 9.97 Å². The van der Waals surface area contributed by atoms with Crippen molar-refractivity contribution in [2.45, 2.75) is 31.3 Å². The van der Waals surface area contributed by atoms with Crippen LogP contribution in [0.1, 0.15) is 13.3 Å². The van der Waals surface area contributed by atoms with Crippen LogP contribution in [0.15, 0.2) is 11.0 Å². The van der Waals surface area contributed by atoms with Crippen molar-refractivity contribution in [3.05, 3.63) is 16.6 Å². The smallest absolute Gasteiger partial charge is 0.263 e. The Bertz CT molecular complexity index is 754. The molecule has 1 aliphatic heterocycles. The van der Waals surface area contributed by atoms with Gasteiger partial charge in [0, 0.05) is 12.6 Å². The quantitative estimate of drug-likeness (QED) is 0.461. The van der Waals surface area contributed by atoms with Crippen molar-refractivity contribution in [3.8, 4) is 0 Å². The first-order valence-corrected chi connectivity index (χ1v) is 6.49. The van der Waals surface area contributed by atoms with Gasteiger partial charge in [-0.05, 0) is 6.92 Å². The highest BCUT2D eigenvalue weighted by Crippen LogP contribution is 2.37. The molecule has 1 aliphatic rings.